The van der Waals surface area contributed by atoms with Gasteiger partial charge in [0, 0.05) is 6.61 Å². The Hall–Kier alpha value is -0.160. The molecule has 0 aromatic rings. The van der Waals surface area contributed by atoms with Gasteiger partial charge < -0.3 is 20.9 Å². The van der Waals surface area contributed by atoms with Gasteiger partial charge >= 0.3 is 0 Å². The monoisotopic (exact) mass is 148 g/mol. The maximum Gasteiger partial charge on any atom is 0.0941 e. The molecule has 0 bridgehead atoms. The molecule has 0 saturated carbocycles. The molecule has 0 aliphatic carbocycles. The largest absolute Gasteiger partial charge is 0.379 e. The Bertz CT molecular complexity index is 53.7. The van der Waals surface area contributed by atoms with Crippen LogP contribution in [0, 0.1) is 0 Å². The second kappa shape index (κ2) is 8.84. The lowest BCUT2D eigenvalue weighted by Gasteiger charge is -2.01. The molecule has 10 heavy (non-hydrogen) atoms. The Kier molecular flexibility index (Phi) is 8.70. The molecule has 0 spiro atoms. The summed E-state index contributed by atoms with van der Waals surface area (Å²) in [5.41, 5.74) is 10.3. The van der Waals surface area contributed by atoms with Crippen molar-refractivity contribution in [2.75, 3.05) is 33.1 Å². The molecule has 0 radical (unpaired) electrons. The summed E-state index contributed by atoms with van der Waals surface area (Å²) in [6.45, 7) is 2.83. The van der Waals surface area contributed by atoms with Crippen LogP contribution in [0.4, 0.5) is 0 Å². The van der Waals surface area contributed by atoms with Crippen molar-refractivity contribution >= 4 is 0 Å². The standard InChI is InChI=1S/C6H16N2O2/c7-2-1-3-9-4-5-10-6-8/h1-8H2. The van der Waals surface area contributed by atoms with Gasteiger partial charge in [-0.3, -0.25) is 0 Å². The van der Waals surface area contributed by atoms with Crippen LogP contribution in [0.1, 0.15) is 6.42 Å². The minimum atomic E-state index is 0.264. The van der Waals surface area contributed by atoms with Crippen molar-refractivity contribution in [3.8, 4) is 0 Å². The minimum Gasteiger partial charge on any atom is -0.379 e. The van der Waals surface area contributed by atoms with Crippen LogP contribution in [0.3, 0.4) is 0 Å². The molecule has 0 aromatic heterocycles. The molecule has 0 aliphatic heterocycles. The first-order chi connectivity index (χ1) is 4.91. The van der Waals surface area contributed by atoms with Crippen LogP contribution in [0.5, 0.6) is 0 Å². The normalized spacial score (nSPS) is 10.2. The molecule has 0 unspecified atom stereocenters. The van der Waals surface area contributed by atoms with Gasteiger partial charge in [0.25, 0.3) is 0 Å². The van der Waals surface area contributed by atoms with Crippen LogP contribution >= 0.6 is 0 Å². The highest BCUT2D eigenvalue weighted by atomic mass is 16.5. The summed E-state index contributed by atoms with van der Waals surface area (Å²) < 4.78 is 9.95. The maximum absolute atomic E-state index is 5.24. The second-order valence-corrected chi connectivity index (χ2v) is 1.83. The zero-order chi connectivity index (χ0) is 7.66. The van der Waals surface area contributed by atoms with E-state index in [0.29, 0.717) is 26.4 Å². The van der Waals surface area contributed by atoms with Crippen molar-refractivity contribution in [2.24, 2.45) is 11.5 Å². The molecule has 0 amide bonds. The molecule has 0 aliphatic rings. The first kappa shape index (κ1) is 9.84. The second-order valence-electron chi connectivity index (χ2n) is 1.83. The zero-order valence-corrected chi connectivity index (χ0v) is 6.21. The van der Waals surface area contributed by atoms with Crippen LogP contribution < -0.4 is 11.5 Å². The van der Waals surface area contributed by atoms with Crippen molar-refractivity contribution in [1.82, 2.24) is 0 Å². The molecule has 0 fully saturated rings. The van der Waals surface area contributed by atoms with E-state index < -0.39 is 0 Å². The van der Waals surface area contributed by atoms with Gasteiger partial charge in [-0.25, -0.2) is 0 Å². The van der Waals surface area contributed by atoms with Gasteiger partial charge in [0.05, 0.1) is 19.9 Å². The van der Waals surface area contributed by atoms with Gasteiger partial charge in [-0.1, -0.05) is 0 Å². The molecular formula is C6H16N2O2. The van der Waals surface area contributed by atoms with Gasteiger partial charge in [-0.15, -0.1) is 0 Å². The van der Waals surface area contributed by atoms with Crippen LogP contribution in [0.25, 0.3) is 0 Å². The van der Waals surface area contributed by atoms with Crippen LogP contribution in [-0.4, -0.2) is 33.1 Å². The third-order valence-electron chi connectivity index (χ3n) is 0.983. The molecule has 0 rings (SSSR count). The lowest BCUT2D eigenvalue weighted by atomic mass is 10.5. The van der Waals surface area contributed by atoms with E-state index in [1.165, 1.54) is 0 Å². The molecular weight excluding hydrogens is 132 g/mol. The SMILES string of the molecule is NCCCOCCOCN. The van der Waals surface area contributed by atoms with E-state index in [1.807, 2.05) is 0 Å². The average Bonchev–Trinajstić information content (AvgIpc) is 1.97. The average molecular weight is 148 g/mol. The topological polar surface area (TPSA) is 70.5 Å². The number of ether oxygens (including phenoxy) is 2. The zero-order valence-electron chi connectivity index (χ0n) is 6.21. The maximum atomic E-state index is 5.24. The Morgan fingerprint density at radius 3 is 2.20 bits per heavy atom. The number of hydrogen-bond acceptors (Lipinski definition) is 4. The van der Waals surface area contributed by atoms with Gasteiger partial charge in [0.1, 0.15) is 0 Å². The lowest BCUT2D eigenvalue weighted by Crippen LogP contribution is -2.11. The Labute approximate surface area is 61.5 Å². The summed E-state index contributed by atoms with van der Waals surface area (Å²) in [6.07, 6.45) is 0.905. The van der Waals surface area contributed by atoms with E-state index in [0.717, 1.165) is 6.42 Å². The van der Waals surface area contributed by atoms with Crippen molar-refractivity contribution < 1.29 is 9.47 Å². The predicted molar refractivity (Wildman–Crippen MR) is 39.5 cm³/mol. The van der Waals surface area contributed by atoms with E-state index in [-0.39, 0.29) is 6.73 Å². The Balaban J connectivity index is 2.65. The third-order valence-corrected chi connectivity index (χ3v) is 0.983. The fraction of sp³-hybridized carbons (Fsp3) is 1.00. The van der Waals surface area contributed by atoms with E-state index in [4.69, 9.17) is 20.9 Å². The quantitative estimate of drug-likeness (QED) is 0.369. The van der Waals surface area contributed by atoms with Gasteiger partial charge in [-0.05, 0) is 13.0 Å². The Morgan fingerprint density at radius 2 is 1.60 bits per heavy atom. The first-order valence-corrected chi connectivity index (χ1v) is 3.47. The molecule has 0 heterocycles. The predicted octanol–water partition coefficient (Wildman–Crippen LogP) is -0.715. The third kappa shape index (κ3) is 7.84. The molecule has 0 aromatic carbocycles. The lowest BCUT2D eigenvalue weighted by molar-refractivity contribution is 0.0499. The summed E-state index contributed by atoms with van der Waals surface area (Å²) in [7, 11) is 0. The van der Waals surface area contributed by atoms with Crippen molar-refractivity contribution in [3.05, 3.63) is 0 Å². The van der Waals surface area contributed by atoms with Crippen molar-refractivity contribution in [3.63, 3.8) is 0 Å². The van der Waals surface area contributed by atoms with E-state index in [1.54, 1.807) is 0 Å². The highest BCUT2D eigenvalue weighted by Gasteiger charge is 1.86. The van der Waals surface area contributed by atoms with Crippen molar-refractivity contribution in [2.45, 2.75) is 6.42 Å². The molecule has 62 valence electrons. The summed E-state index contributed by atoms with van der Waals surface area (Å²) in [5, 5.41) is 0. The highest BCUT2D eigenvalue weighted by Crippen LogP contribution is 1.79. The molecule has 4 nitrogen and oxygen atoms in total. The fourth-order valence-electron chi connectivity index (χ4n) is 0.489. The highest BCUT2D eigenvalue weighted by molar-refractivity contribution is 4.35. The van der Waals surface area contributed by atoms with E-state index >= 15 is 0 Å². The van der Waals surface area contributed by atoms with Gasteiger partial charge in [-0.2, -0.15) is 0 Å². The molecule has 0 saturated heterocycles. The van der Waals surface area contributed by atoms with E-state index in [9.17, 15) is 0 Å². The number of nitrogens with two attached hydrogens (primary N) is 2. The van der Waals surface area contributed by atoms with Gasteiger partial charge in [0.2, 0.25) is 0 Å². The molecule has 4 heteroatoms. The Morgan fingerprint density at radius 1 is 0.900 bits per heavy atom. The molecule has 0 atom stereocenters. The fourth-order valence-corrected chi connectivity index (χ4v) is 0.489. The smallest absolute Gasteiger partial charge is 0.0941 e. The van der Waals surface area contributed by atoms with Crippen LogP contribution in [0.2, 0.25) is 0 Å². The molecule has 4 N–H and O–H groups in total. The summed E-state index contributed by atoms with van der Waals surface area (Å²) >= 11 is 0. The van der Waals surface area contributed by atoms with Crippen LogP contribution in [0.15, 0.2) is 0 Å². The number of hydrogen-bond donors (Lipinski definition) is 2. The van der Waals surface area contributed by atoms with Gasteiger partial charge in [0.15, 0.2) is 0 Å². The first-order valence-electron chi connectivity index (χ1n) is 3.47. The summed E-state index contributed by atoms with van der Waals surface area (Å²) in [5.74, 6) is 0. The van der Waals surface area contributed by atoms with E-state index in [2.05, 4.69) is 0 Å². The van der Waals surface area contributed by atoms with Crippen LogP contribution in [-0.2, 0) is 9.47 Å². The van der Waals surface area contributed by atoms with Crippen molar-refractivity contribution in [1.29, 1.82) is 0 Å². The number of rotatable bonds is 7. The summed E-state index contributed by atoms with van der Waals surface area (Å²) in [4.78, 5) is 0. The summed E-state index contributed by atoms with van der Waals surface area (Å²) in [6, 6.07) is 0. The minimum absolute atomic E-state index is 0.264.